The standard InChI is InChI=1S/C13H20O2S/c1-9(2)10-4-5-13(15-3)11(8-10)12(14)6-7-16/h4-5,8-9,12,14,16H,6-7H2,1-3H3. The SMILES string of the molecule is COc1ccc(C(C)C)cc1C(O)CCS. The molecule has 0 saturated heterocycles. The van der Waals surface area contributed by atoms with Gasteiger partial charge in [-0.1, -0.05) is 19.9 Å². The Morgan fingerprint density at radius 3 is 2.56 bits per heavy atom. The minimum atomic E-state index is -0.494. The number of hydrogen-bond donors (Lipinski definition) is 2. The first-order valence-corrected chi connectivity index (χ1v) is 6.20. The smallest absolute Gasteiger partial charge is 0.124 e. The van der Waals surface area contributed by atoms with Crippen LogP contribution in [0.25, 0.3) is 0 Å². The first-order chi connectivity index (χ1) is 7.60. The minimum absolute atomic E-state index is 0.452. The second kappa shape index (κ2) is 6.16. The molecule has 0 aliphatic heterocycles. The molecule has 1 atom stereocenters. The number of rotatable bonds is 5. The van der Waals surface area contributed by atoms with Crippen molar-refractivity contribution in [2.45, 2.75) is 32.3 Å². The fraction of sp³-hybridized carbons (Fsp3) is 0.538. The van der Waals surface area contributed by atoms with Crippen LogP contribution in [0.1, 0.15) is 43.4 Å². The van der Waals surface area contributed by atoms with Gasteiger partial charge < -0.3 is 9.84 Å². The molecule has 0 heterocycles. The zero-order valence-electron chi connectivity index (χ0n) is 10.1. The molecule has 0 spiro atoms. The van der Waals surface area contributed by atoms with Crippen LogP contribution >= 0.6 is 12.6 Å². The topological polar surface area (TPSA) is 29.5 Å². The Kier molecular flexibility index (Phi) is 5.16. The van der Waals surface area contributed by atoms with E-state index in [4.69, 9.17) is 4.74 Å². The van der Waals surface area contributed by atoms with E-state index in [1.165, 1.54) is 5.56 Å². The summed E-state index contributed by atoms with van der Waals surface area (Å²) >= 11 is 4.14. The van der Waals surface area contributed by atoms with E-state index in [1.54, 1.807) is 7.11 Å². The molecule has 1 aromatic carbocycles. The lowest BCUT2D eigenvalue weighted by Crippen LogP contribution is -2.03. The third-order valence-corrected chi connectivity index (χ3v) is 2.94. The summed E-state index contributed by atoms with van der Waals surface area (Å²) in [5.41, 5.74) is 2.08. The molecule has 0 saturated carbocycles. The zero-order valence-corrected chi connectivity index (χ0v) is 11.0. The van der Waals surface area contributed by atoms with E-state index in [2.05, 4.69) is 26.5 Å². The number of ether oxygens (including phenoxy) is 1. The zero-order chi connectivity index (χ0) is 12.1. The molecule has 1 rings (SSSR count). The predicted molar refractivity (Wildman–Crippen MR) is 70.5 cm³/mol. The molecule has 1 N–H and O–H groups in total. The van der Waals surface area contributed by atoms with E-state index in [-0.39, 0.29) is 0 Å². The average molecular weight is 240 g/mol. The molecule has 0 radical (unpaired) electrons. The largest absolute Gasteiger partial charge is 0.496 e. The number of benzene rings is 1. The molecule has 3 heteroatoms. The van der Waals surface area contributed by atoms with Gasteiger partial charge in [0.15, 0.2) is 0 Å². The number of thiol groups is 1. The van der Waals surface area contributed by atoms with Gasteiger partial charge in [-0.2, -0.15) is 12.6 Å². The van der Waals surface area contributed by atoms with Crippen LogP contribution in [0.3, 0.4) is 0 Å². The van der Waals surface area contributed by atoms with Gasteiger partial charge >= 0.3 is 0 Å². The van der Waals surface area contributed by atoms with Gasteiger partial charge in [0.25, 0.3) is 0 Å². The molecule has 0 aromatic heterocycles. The first-order valence-electron chi connectivity index (χ1n) is 5.57. The maximum Gasteiger partial charge on any atom is 0.124 e. The lowest BCUT2D eigenvalue weighted by atomic mass is 9.97. The van der Waals surface area contributed by atoms with E-state index < -0.39 is 6.10 Å². The van der Waals surface area contributed by atoms with Gasteiger partial charge in [0.2, 0.25) is 0 Å². The maximum absolute atomic E-state index is 10.0. The molecule has 0 bridgehead atoms. The number of methoxy groups -OCH3 is 1. The van der Waals surface area contributed by atoms with Crippen LogP contribution in [0.2, 0.25) is 0 Å². The molecular formula is C13H20O2S. The van der Waals surface area contributed by atoms with Crippen molar-refractivity contribution in [2.24, 2.45) is 0 Å². The Labute approximate surface area is 103 Å². The highest BCUT2D eigenvalue weighted by atomic mass is 32.1. The summed E-state index contributed by atoms with van der Waals surface area (Å²) in [6, 6.07) is 5.99. The Balaban J connectivity index is 3.06. The molecule has 2 nitrogen and oxygen atoms in total. The minimum Gasteiger partial charge on any atom is -0.496 e. The van der Waals surface area contributed by atoms with Crippen LogP contribution < -0.4 is 4.74 Å². The quantitative estimate of drug-likeness (QED) is 0.774. The van der Waals surface area contributed by atoms with Gasteiger partial charge in [-0.05, 0) is 35.8 Å². The predicted octanol–water partition coefficient (Wildman–Crippen LogP) is 3.17. The number of hydrogen-bond acceptors (Lipinski definition) is 3. The van der Waals surface area contributed by atoms with Crippen molar-refractivity contribution >= 4 is 12.6 Å². The van der Waals surface area contributed by atoms with Gasteiger partial charge in [-0.25, -0.2) is 0 Å². The third kappa shape index (κ3) is 3.16. The average Bonchev–Trinajstić information content (AvgIpc) is 2.28. The molecule has 0 aliphatic carbocycles. The van der Waals surface area contributed by atoms with Crippen LogP contribution in [0, 0.1) is 0 Å². The fourth-order valence-corrected chi connectivity index (χ4v) is 1.89. The van der Waals surface area contributed by atoms with Crippen LogP contribution in [0.5, 0.6) is 5.75 Å². The van der Waals surface area contributed by atoms with Gasteiger partial charge in [-0.15, -0.1) is 0 Å². The summed E-state index contributed by atoms with van der Waals surface area (Å²) in [5.74, 6) is 1.86. The van der Waals surface area contributed by atoms with Gasteiger partial charge in [0, 0.05) is 5.56 Å². The van der Waals surface area contributed by atoms with E-state index in [9.17, 15) is 5.11 Å². The van der Waals surface area contributed by atoms with Gasteiger partial charge in [0.1, 0.15) is 5.75 Å². The molecule has 0 fully saturated rings. The summed E-state index contributed by atoms with van der Waals surface area (Å²) in [4.78, 5) is 0. The van der Waals surface area contributed by atoms with Crippen molar-refractivity contribution in [3.05, 3.63) is 29.3 Å². The highest BCUT2D eigenvalue weighted by Crippen LogP contribution is 2.30. The molecule has 0 aliphatic rings. The van der Waals surface area contributed by atoms with Gasteiger partial charge in [-0.3, -0.25) is 0 Å². The summed E-state index contributed by atoms with van der Waals surface area (Å²) in [6.07, 6.45) is 0.146. The Morgan fingerprint density at radius 1 is 1.38 bits per heavy atom. The maximum atomic E-state index is 10.0. The van der Waals surface area contributed by atoms with Crippen molar-refractivity contribution in [3.63, 3.8) is 0 Å². The fourth-order valence-electron chi connectivity index (χ4n) is 1.65. The van der Waals surface area contributed by atoms with Crippen molar-refractivity contribution in [3.8, 4) is 5.75 Å². The lowest BCUT2D eigenvalue weighted by Gasteiger charge is -2.16. The number of aliphatic hydroxyl groups excluding tert-OH is 1. The molecular weight excluding hydrogens is 220 g/mol. The van der Waals surface area contributed by atoms with E-state index >= 15 is 0 Å². The summed E-state index contributed by atoms with van der Waals surface area (Å²) in [5, 5.41) is 10.0. The molecule has 16 heavy (non-hydrogen) atoms. The van der Waals surface area contributed by atoms with E-state index in [0.717, 1.165) is 11.3 Å². The molecule has 0 amide bonds. The summed E-state index contributed by atoms with van der Waals surface area (Å²) in [6.45, 7) is 4.27. The highest BCUT2D eigenvalue weighted by molar-refractivity contribution is 7.80. The normalized spacial score (nSPS) is 12.9. The van der Waals surface area contributed by atoms with Crippen molar-refractivity contribution in [2.75, 3.05) is 12.9 Å². The first kappa shape index (κ1) is 13.4. The monoisotopic (exact) mass is 240 g/mol. The Morgan fingerprint density at radius 2 is 2.06 bits per heavy atom. The van der Waals surface area contributed by atoms with Crippen molar-refractivity contribution in [1.82, 2.24) is 0 Å². The van der Waals surface area contributed by atoms with Crippen LogP contribution in [-0.4, -0.2) is 18.0 Å². The second-order valence-electron chi connectivity index (χ2n) is 4.18. The number of aliphatic hydroxyl groups is 1. The van der Waals surface area contributed by atoms with Crippen molar-refractivity contribution < 1.29 is 9.84 Å². The Hall–Kier alpha value is -0.670. The van der Waals surface area contributed by atoms with Crippen LogP contribution in [-0.2, 0) is 0 Å². The highest BCUT2D eigenvalue weighted by Gasteiger charge is 2.14. The van der Waals surface area contributed by atoms with Crippen molar-refractivity contribution in [1.29, 1.82) is 0 Å². The van der Waals surface area contributed by atoms with E-state index in [0.29, 0.717) is 18.1 Å². The Bertz CT molecular complexity index is 337. The molecule has 1 aromatic rings. The third-order valence-electron chi connectivity index (χ3n) is 2.68. The summed E-state index contributed by atoms with van der Waals surface area (Å²) < 4.78 is 5.26. The summed E-state index contributed by atoms with van der Waals surface area (Å²) in [7, 11) is 1.63. The molecule has 90 valence electrons. The van der Waals surface area contributed by atoms with Crippen LogP contribution in [0.15, 0.2) is 18.2 Å². The lowest BCUT2D eigenvalue weighted by molar-refractivity contribution is 0.170. The van der Waals surface area contributed by atoms with E-state index in [1.807, 2.05) is 18.2 Å². The van der Waals surface area contributed by atoms with Gasteiger partial charge in [0.05, 0.1) is 13.2 Å². The van der Waals surface area contributed by atoms with Crippen LogP contribution in [0.4, 0.5) is 0 Å². The molecule has 1 unspecified atom stereocenters. The second-order valence-corrected chi connectivity index (χ2v) is 4.63.